The minimum Gasteiger partial charge on any atom is -0.361 e. The molecule has 0 saturated carbocycles. The zero-order chi connectivity index (χ0) is 25.8. The number of nitrogens with zero attached hydrogens (tertiary/aromatic N) is 4. The van der Waals surface area contributed by atoms with Crippen LogP contribution in [-0.2, 0) is 19.2 Å². The van der Waals surface area contributed by atoms with Crippen molar-refractivity contribution in [2.75, 3.05) is 56.6 Å². The van der Waals surface area contributed by atoms with E-state index in [-0.39, 0.29) is 29.7 Å². The molecule has 3 fully saturated rings. The number of imide groups is 1. The van der Waals surface area contributed by atoms with E-state index in [1.54, 1.807) is 7.05 Å². The maximum atomic E-state index is 12.8. The number of anilines is 2. The van der Waals surface area contributed by atoms with E-state index in [1.807, 2.05) is 29.0 Å². The molecule has 3 aliphatic rings. The average Bonchev–Trinajstić information content (AvgIpc) is 2.89. The number of amides is 4. The molecule has 10 nitrogen and oxygen atoms in total. The Labute approximate surface area is 212 Å². The second-order valence-electron chi connectivity index (χ2n) is 10.3. The predicted molar refractivity (Wildman–Crippen MR) is 138 cm³/mol. The van der Waals surface area contributed by atoms with Crippen LogP contribution in [0.3, 0.4) is 0 Å². The van der Waals surface area contributed by atoms with Crippen molar-refractivity contribution in [3.05, 3.63) is 23.8 Å². The number of likely N-dealkylation sites (N-methyl/N-ethyl adjacent to an activating group) is 1. The number of nitrogens with two attached hydrogens (primary N) is 1. The Hall–Kier alpha value is -2.98. The molecule has 3 saturated heterocycles. The Morgan fingerprint density at radius 1 is 1.06 bits per heavy atom. The molecule has 0 spiro atoms. The van der Waals surface area contributed by atoms with Gasteiger partial charge in [0.05, 0.1) is 17.9 Å². The van der Waals surface area contributed by atoms with E-state index < -0.39 is 6.04 Å². The maximum absolute atomic E-state index is 12.8. The van der Waals surface area contributed by atoms with Gasteiger partial charge in [-0.2, -0.15) is 0 Å². The van der Waals surface area contributed by atoms with E-state index in [9.17, 15) is 19.2 Å². The van der Waals surface area contributed by atoms with Gasteiger partial charge in [-0.25, -0.2) is 0 Å². The molecule has 10 heteroatoms. The van der Waals surface area contributed by atoms with Crippen LogP contribution in [0.5, 0.6) is 0 Å². The van der Waals surface area contributed by atoms with Crippen molar-refractivity contribution in [1.82, 2.24) is 15.1 Å². The first kappa shape index (κ1) is 26.1. The Balaban J connectivity index is 1.41. The van der Waals surface area contributed by atoms with E-state index in [1.165, 1.54) is 4.90 Å². The molecular formula is C26H38N6O4. The molecule has 3 aliphatic heterocycles. The summed E-state index contributed by atoms with van der Waals surface area (Å²) in [6.07, 6.45) is 5.11. The lowest BCUT2D eigenvalue weighted by atomic mass is 9.88. The zero-order valence-electron chi connectivity index (χ0n) is 21.3. The molecule has 3 heterocycles. The first-order chi connectivity index (χ1) is 17.3. The minimum absolute atomic E-state index is 0.187. The fraction of sp³-hybridized carbons (Fsp3) is 0.615. The van der Waals surface area contributed by atoms with Crippen molar-refractivity contribution >= 4 is 35.5 Å². The number of hydrogen-bond donors (Lipinski definition) is 2. The topological polar surface area (TPSA) is 119 Å². The van der Waals surface area contributed by atoms with Crippen molar-refractivity contribution in [3.8, 4) is 0 Å². The van der Waals surface area contributed by atoms with Gasteiger partial charge in [-0.1, -0.05) is 6.07 Å². The van der Waals surface area contributed by atoms with E-state index in [0.717, 1.165) is 62.1 Å². The maximum Gasteiger partial charge on any atom is 0.249 e. The van der Waals surface area contributed by atoms with Crippen LogP contribution in [0.1, 0.15) is 50.0 Å². The molecular weight excluding hydrogens is 460 g/mol. The largest absolute Gasteiger partial charge is 0.361 e. The molecule has 36 heavy (non-hydrogen) atoms. The quantitative estimate of drug-likeness (QED) is 0.418. The van der Waals surface area contributed by atoms with Crippen LogP contribution in [0.2, 0.25) is 0 Å². The summed E-state index contributed by atoms with van der Waals surface area (Å²) < 4.78 is 0. The van der Waals surface area contributed by atoms with Gasteiger partial charge in [0.1, 0.15) is 6.04 Å². The highest BCUT2D eigenvalue weighted by Crippen LogP contribution is 2.36. The summed E-state index contributed by atoms with van der Waals surface area (Å²) in [6, 6.07) is 5.81. The number of piperidine rings is 3. The predicted octanol–water partition coefficient (Wildman–Crippen LogP) is 0.650. The second kappa shape index (κ2) is 11.4. The monoisotopic (exact) mass is 498 g/mol. The van der Waals surface area contributed by atoms with Gasteiger partial charge in [0.2, 0.25) is 24.1 Å². The Bertz CT molecular complexity index is 985. The molecule has 4 rings (SSSR count). The third-order valence-electron chi connectivity index (χ3n) is 7.91. The molecule has 0 bridgehead atoms. The normalized spacial score (nSPS) is 22.3. The second-order valence-corrected chi connectivity index (χ2v) is 10.3. The van der Waals surface area contributed by atoms with Crippen LogP contribution in [0.15, 0.2) is 18.2 Å². The van der Waals surface area contributed by atoms with Crippen molar-refractivity contribution < 1.29 is 19.2 Å². The standard InChI is InChI=1S/C26H38N6O4/c1-29(17-33)23-15-19(3-4-21(23)30(2)22-5-6-24(34)28-26(22)36)18-7-13-32(14-8-18)25(35)16-31-11-9-20(27)10-12-31/h3-4,15,17-18,20,22H,5-14,16,27H2,1-2H3,(H,28,34,36). The van der Waals surface area contributed by atoms with Gasteiger partial charge < -0.3 is 20.4 Å². The van der Waals surface area contributed by atoms with Crippen LogP contribution in [0.4, 0.5) is 11.4 Å². The summed E-state index contributed by atoms with van der Waals surface area (Å²) >= 11 is 0. The van der Waals surface area contributed by atoms with Gasteiger partial charge in [0, 0.05) is 52.7 Å². The molecule has 1 atom stereocenters. The Morgan fingerprint density at radius 2 is 1.75 bits per heavy atom. The van der Waals surface area contributed by atoms with Gasteiger partial charge in [-0.3, -0.25) is 29.4 Å². The van der Waals surface area contributed by atoms with E-state index in [2.05, 4.69) is 16.3 Å². The van der Waals surface area contributed by atoms with Crippen molar-refractivity contribution in [3.63, 3.8) is 0 Å². The fourth-order valence-corrected chi connectivity index (χ4v) is 5.52. The number of nitrogens with one attached hydrogen (secondary N) is 1. The number of rotatable bonds is 7. The first-order valence-electron chi connectivity index (χ1n) is 12.9. The van der Waals surface area contributed by atoms with Crippen LogP contribution in [-0.4, -0.2) is 92.8 Å². The van der Waals surface area contributed by atoms with Crippen LogP contribution < -0.4 is 20.9 Å². The Kier molecular flexibility index (Phi) is 8.25. The summed E-state index contributed by atoms with van der Waals surface area (Å²) in [4.78, 5) is 56.0. The zero-order valence-corrected chi connectivity index (χ0v) is 21.3. The molecule has 0 aliphatic carbocycles. The highest BCUT2D eigenvalue weighted by atomic mass is 16.2. The van der Waals surface area contributed by atoms with E-state index in [4.69, 9.17) is 5.73 Å². The smallest absolute Gasteiger partial charge is 0.249 e. The van der Waals surface area contributed by atoms with Gasteiger partial charge in [0.15, 0.2) is 0 Å². The van der Waals surface area contributed by atoms with Gasteiger partial charge >= 0.3 is 0 Å². The lowest BCUT2D eigenvalue weighted by Crippen LogP contribution is -2.51. The van der Waals surface area contributed by atoms with E-state index >= 15 is 0 Å². The summed E-state index contributed by atoms with van der Waals surface area (Å²) in [6.45, 7) is 3.67. The number of benzene rings is 1. The first-order valence-corrected chi connectivity index (χ1v) is 12.9. The summed E-state index contributed by atoms with van der Waals surface area (Å²) in [5.41, 5.74) is 8.58. The van der Waals surface area contributed by atoms with Gasteiger partial charge in [-0.05, 0) is 55.7 Å². The summed E-state index contributed by atoms with van der Waals surface area (Å²) in [5, 5.41) is 2.40. The molecule has 3 N–H and O–H groups in total. The number of hydrogen-bond acceptors (Lipinski definition) is 7. The average molecular weight is 499 g/mol. The summed E-state index contributed by atoms with van der Waals surface area (Å²) in [5.74, 6) is -0.0977. The molecule has 196 valence electrons. The molecule has 1 aromatic rings. The lowest BCUT2D eigenvalue weighted by Gasteiger charge is -2.36. The molecule has 1 unspecified atom stereocenters. The third-order valence-corrected chi connectivity index (χ3v) is 7.91. The fourth-order valence-electron chi connectivity index (χ4n) is 5.52. The minimum atomic E-state index is -0.475. The molecule has 1 aromatic carbocycles. The van der Waals surface area contributed by atoms with Crippen LogP contribution in [0.25, 0.3) is 0 Å². The molecule has 0 radical (unpaired) electrons. The summed E-state index contributed by atoms with van der Waals surface area (Å²) in [7, 11) is 3.51. The number of likely N-dealkylation sites (tertiary alicyclic amines) is 2. The number of carbonyl (C=O) groups is 4. The molecule has 0 aromatic heterocycles. The van der Waals surface area contributed by atoms with Crippen molar-refractivity contribution in [2.24, 2.45) is 5.73 Å². The van der Waals surface area contributed by atoms with Crippen molar-refractivity contribution in [1.29, 1.82) is 0 Å². The highest BCUT2D eigenvalue weighted by Gasteiger charge is 2.32. The third kappa shape index (κ3) is 5.87. The Morgan fingerprint density at radius 3 is 2.39 bits per heavy atom. The highest BCUT2D eigenvalue weighted by molar-refractivity contribution is 6.02. The molecule has 4 amide bonds. The van der Waals surface area contributed by atoms with Gasteiger partial charge in [-0.15, -0.1) is 0 Å². The van der Waals surface area contributed by atoms with Crippen LogP contribution in [0, 0.1) is 0 Å². The SMILES string of the molecule is CN(C=O)c1cc(C2CCN(C(=O)CN3CCC(N)CC3)CC2)ccc1N(C)C1CCC(=O)NC1=O. The number of carbonyl (C=O) groups excluding carboxylic acids is 4. The van der Waals surface area contributed by atoms with E-state index in [0.29, 0.717) is 32.5 Å². The lowest BCUT2D eigenvalue weighted by molar-refractivity contribution is -0.135. The van der Waals surface area contributed by atoms with Crippen LogP contribution >= 0.6 is 0 Å². The van der Waals surface area contributed by atoms with Crippen molar-refractivity contribution in [2.45, 2.75) is 56.5 Å². The van der Waals surface area contributed by atoms with Gasteiger partial charge in [0.25, 0.3) is 0 Å².